The highest BCUT2D eigenvalue weighted by molar-refractivity contribution is 5.22. The molecule has 1 nitrogen and oxygen atoms in total. The molecule has 0 aromatic heterocycles. The van der Waals surface area contributed by atoms with E-state index in [1.54, 1.807) is 0 Å². The maximum atomic E-state index is 9.23. The Kier molecular flexibility index (Phi) is 4.07. The Morgan fingerprint density at radius 1 is 1.31 bits per heavy atom. The first-order valence-corrected chi connectivity index (χ1v) is 5.36. The average Bonchev–Trinajstić information content (AvgIpc) is 2.16. The molecule has 1 unspecified atom stereocenters. The number of aliphatic hydroxyl groups excluding tert-OH is 1. The maximum Gasteiger partial charge on any atom is 0.0925 e. The summed E-state index contributed by atoms with van der Waals surface area (Å²) in [4.78, 5) is 0. The fourth-order valence-corrected chi connectivity index (χ4v) is 1.98. The molecule has 1 rings (SSSR count). The molecular formula is C12H20O. The molecule has 0 saturated heterocycles. The van der Waals surface area contributed by atoms with E-state index in [9.17, 15) is 5.11 Å². The van der Waals surface area contributed by atoms with Gasteiger partial charge in [-0.15, -0.1) is 0 Å². The Balaban J connectivity index is 2.59. The van der Waals surface area contributed by atoms with Gasteiger partial charge in [-0.1, -0.05) is 31.9 Å². The van der Waals surface area contributed by atoms with Crippen molar-refractivity contribution >= 4 is 0 Å². The van der Waals surface area contributed by atoms with E-state index in [0.717, 1.165) is 18.8 Å². The van der Waals surface area contributed by atoms with Gasteiger partial charge in [0, 0.05) is 6.42 Å². The van der Waals surface area contributed by atoms with E-state index in [0.29, 0.717) is 5.76 Å². The fourth-order valence-electron chi connectivity index (χ4n) is 1.98. The lowest BCUT2D eigenvalue weighted by Gasteiger charge is -2.20. The first-order chi connectivity index (χ1) is 6.27. The highest BCUT2D eigenvalue weighted by Crippen LogP contribution is 2.28. The minimum absolute atomic E-state index is 0.537. The molecule has 1 heteroatoms. The van der Waals surface area contributed by atoms with Crippen LogP contribution in [0.15, 0.2) is 23.5 Å². The summed E-state index contributed by atoms with van der Waals surface area (Å²) in [6, 6.07) is 0. The van der Waals surface area contributed by atoms with Crippen LogP contribution in [0.4, 0.5) is 0 Å². The molecule has 0 spiro atoms. The maximum absolute atomic E-state index is 9.23. The molecule has 0 amide bonds. The zero-order valence-electron chi connectivity index (χ0n) is 8.71. The lowest BCUT2D eigenvalue weighted by Crippen LogP contribution is -2.05. The smallest absolute Gasteiger partial charge is 0.0925 e. The fraction of sp³-hybridized carbons (Fsp3) is 0.667. The highest BCUT2D eigenvalue weighted by Gasteiger charge is 2.13. The Morgan fingerprint density at radius 2 is 2.08 bits per heavy atom. The number of hydrogen-bond acceptors (Lipinski definition) is 1. The molecule has 1 N–H and O–H groups in total. The molecule has 74 valence electrons. The van der Waals surface area contributed by atoms with Gasteiger partial charge in [0.05, 0.1) is 5.76 Å². The van der Waals surface area contributed by atoms with Crippen LogP contribution in [0, 0.1) is 5.92 Å². The van der Waals surface area contributed by atoms with Crippen LogP contribution in [0.25, 0.3) is 0 Å². The highest BCUT2D eigenvalue weighted by atomic mass is 16.3. The topological polar surface area (TPSA) is 20.2 Å². The number of hydrogen-bond donors (Lipinski definition) is 1. The molecular weight excluding hydrogens is 160 g/mol. The Morgan fingerprint density at radius 3 is 2.54 bits per heavy atom. The molecule has 0 aromatic rings. The number of rotatable bonds is 4. The van der Waals surface area contributed by atoms with Crippen LogP contribution < -0.4 is 0 Å². The van der Waals surface area contributed by atoms with Gasteiger partial charge >= 0.3 is 0 Å². The van der Waals surface area contributed by atoms with Crippen molar-refractivity contribution in [2.75, 3.05) is 0 Å². The van der Waals surface area contributed by atoms with E-state index < -0.39 is 0 Å². The van der Waals surface area contributed by atoms with Crippen molar-refractivity contribution in [3.05, 3.63) is 23.5 Å². The van der Waals surface area contributed by atoms with Crippen LogP contribution in [0.5, 0.6) is 0 Å². The summed E-state index contributed by atoms with van der Waals surface area (Å²) in [5, 5.41) is 9.23. The van der Waals surface area contributed by atoms with Gasteiger partial charge in [-0.3, -0.25) is 0 Å². The van der Waals surface area contributed by atoms with Crippen molar-refractivity contribution in [2.24, 2.45) is 5.92 Å². The standard InChI is InChI=1S/C12H20O/c1-3-5-10(4-2)11-6-8-12(13)9-7-11/h6,8,10,13H,3-5,7,9H2,1-2H3. The second-order valence-corrected chi connectivity index (χ2v) is 3.79. The van der Waals surface area contributed by atoms with Crippen LogP contribution in [-0.2, 0) is 0 Å². The number of allylic oxidation sites excluding steroid dienone is 4. The Labute approximate surface area is 81.2 Å². The van der Waals surface area contributed by atoms with Crippen molar-refractivity contribution in [3.8, 4) is 0 Å². The van der Waals surface area contributed by atoms with Gasteiger partial charge < -0.3 is 5.11 Å². The quantitative estimate of drug-likeness (QED) is 0.694. The molecule has 0 aliphatic heterocycles. The summed E-state index contributed by atoms with van der Waals surface area (Å²) in [6.07, 6.45) is 9.64. The zero-order valence-corrected chi connectivity index (χ0v) is 8.71. The van der Waals surface area contributed by atoms with E-state index >= 15 is 0 Å². The molecule has 1 aliphatic rings. The summed E-state index contributed by atoms with van der Waals surface area (Å²) < 4.78 is 0. The molecule has 0 heterocycles. The zero-order chi connectivity index (χ0) is 9.68. The molecule has 1 aliphatic carbocycles. The van der Waals surface area contributed by atoms with Gasteiger partial charge in [0.2, 0.25) is 0 Å². The van der Waals surface area contributed by atoms with Crippen LogP contribution in [0.3, 0.4) is 0 Å². The third-order valence-electron chi connectivity index (χ3n) is 2.81. The van der Waals surface area contributed by atoms with Crippen molar-refractivity contribution in [1.82, 2.24) is 0 Å². The van der Waals surface area contributed by atoms with Gasteiger partial charge in [0.15, 0.2) is 0 Å². The van der Waals surface area contributed by atoms with Crippen LogP contribution >= 0.6 is 0 Å². The summed E-state index contributed by atoms with van der Waals surface area (Å²) >= 11 is 0. The third-order valence-corrected chi connectivity index (χ3v) is 2.81. The Bertz CT molecular complexity index is 213. The lowest BCUT2D eigenvalue weighted by molar-refractivity contribution is 0.379. The van der Waals surface area contributed by atoms with Crippen molar-refractivity contribution in [2.45, 2.75) is 46.0 Å². The van der Waals surface area contributed by atoms with Gasteiger partial charge in [0.1, 0.15) is 0 Å². The van der Waals surface area contributed by atoms with E-state index in [1.165, 1.54) is 24.8 Å². The molecule has 0 fully saturated rings. The largest absolute Gasteiger partial charge is 0.512 e. The lowest BCUT2D eigenvalue weighted by atomic mass is 9.86. The summed E-state index contributed by atoms with van der Waals surface area (Å²) in [5.74, 6) is 1.28. The van der Waals surface area contributed by atoms with Crippen LogP contribution in [0.2, 0.25) is 0 Å². The van der Waals surface area contributed by atoms with Gasteiger partial charge in [0.25, 0.3) is 0 Å². The molecule has 1 atom stereocenters. The van der Waals surface area contributed by atoms with Crippen LogP contribution in [-0.4, -0.2) is 5.11 Å². The summed E-state index contributed by atoms with van der Waals surface area (Å²) in [5.41, 5.74) is 1.53. The number of aliphatic hydroxyl groups is 1. The third kappa shape index (κ3) is 2.91. The normalized spacial score (nSPS) is 19.2. The van der Waals surface area contributed by atoms with Gasteiger partial charge in [-0.25, -0.2) is 0 Å². The predicted molar refractivity (Wildman–Crippen MR) is 56.7 cm³/mol. The first-order valence-electron chi connectivity index (χ1n) is 5.36. The van der Waals surface area contributed by atoms with Crippen molar-refractivity contribution in [3.63, 3.8) is 0 Å². The Hall–Kier alpha value is -0.720. The van der Waals surface area contributed by atoms with E-state index in [2.05, 4.69) is 19.9 Å². The molecule has 0 radical (unpaired) electrons. The first kappa shape index (κ1) is 10.4. The molecule has 0 aromatic carbocycles. The van der Waals surface area contributed by atoms with E-state index in [-0.39, 0.29) is 0 Å². The summed E-state index contributed by atoms with van der Waals surface area (Å²) in [7, 11) is 0. The minimum Gasteiger partial charge on any atom is -0.512 e. The molecule has 13 heavy (non-hydrogen) atoms. The second kappa shape index (κ2) is 5.11. The second-order valence-electron chi connectivity index (χ2n) is 3.79. The average molecular weight is 180 g/mol. The molecule has 0 saturated carbocycles. The van der Waals surface area contributed by atoms with Crippen LogP contribution in [0.1, 0.15) is 46.0 Å². The van der Waals surface area contributed by atoms with Crippen molar-refractivity contribution < 1.29 is 5.11 Å². The SMILES string of the molecule is CCCC(CC)C1=CC=C(O)CC1. The van der Waals surface area contributed by atoms with E-state index in [1.807, 2.05) is 6.08 Å². The van der Waals surface area contributed by atoms with Gasteiger partial charge in [-0.2, -0.15) is 0 Å². The monoisotopic (exact) mass is 180 g/mol. The van der Waals surface area contributed by atoms with Crippen molar-refractivity contribution in [1.29, 1.82) is 0 Å². The predicted octanol–water partition coefficient (Wildman–Crippen LogP) is 3.97. The minimum atomic E-state index is 0.537. The van der Waals surface area contributed by atoms with Gasteiger partial charge in [-0.05, 0) is 31.3 Å². The van der Waals surface area contributed by atoms with E-state index in [4.69, 9.17) is 0 Å². The summed E-state index contributed by atoms with van der Waals surface area (Å²) in [6.45, 7) is 4.48. The molecule has 0 bridgehead atoms.